The summed E-state index contributed by atoms with van der Waals surface area (Å²) >= 11 is 0. The first-order valence-electron chi connectivity index (χ1n) is 9.52. The van der Waals surface area contributed by atoms with Crippen molar-refractivity contribution < 1.29 is 18.7 Å². The van der Waals surface area contributed by atoms with Crippen LogP contribution in [-0.2, 0) is 16.1 Å². The number of amides is 1. The Hall–Kier alpha value is -2.83. The largest absolute Gasteiger partial charge is 0.462 e. The molecule has 3 rings (SSSR count). The molecule has 28 heavy (non-hydrogen) atoms. The van der Waals surface area contributed by atoms with E-state index in [0.29, 0.717) is 38.3 Å². The van der Waals surface area contributed by atoms with Crippen molar-refractivity contribution in [3.8, 4) is 0 Å². The standard InChI is InChI=1S/C21H26FN3O3/c1-4-28-21(27)19-13-15(2)25(16(19)3)14-20(26)24-11-9-23(10-12-24)18-7-5-17(22)6-8-18/h5-8,13H,4,9-12,14H2,1-3H3. The predicted octanol–water partition coefficient (Wildman–Crippen LogP) is 2.77. The number of benzene rings is 1. The van der Waals surface area contributed by atoms with Crippen molar-refractivity contribution in [2.45, 2.75) is 27.3 Å². The molecule has 1 aliphatic rings. The van der Waals surface area contributed by atoms with Gasteiger partial charge in [-0.15, -0.1) is 0 Å². The highest BCUT2D eigenvalue weighted by molar-refractivity contribution is 5.91. The Labute approximate surface area is 164 Å². The van der Waals surface area contributed by atoms with Gasteiger partial charge in [0.25, 0.3) is 0 Å². The first kappa shape index (κ1) is 19.9. The minimum absolute atomic E-state index is 0.0240. The van der Waals surface area contributed by atoms with Crippen molar-refractivity contribution in [1.29, 1.82) is 0 Å². The van der Waals surface area contributed by atoms with Crippen LogP contribution in [0, 0.1) is 19.7 Å². The van der Waals surface area contributed by atoms with Gasteiger partial charge < -0.3 is 19.1 Å². The Kier molecular flexibility index (Phi) is 6.02. The van der Waals surface area contributed by atoms with Crippen molar-refractivity contribution in [2.75, 3.05) is 37.7 Å². The number of hydrogen-bond donors (Lipinski definition) is 0. The summed E-state index contributed by atoms with van der Waals surface area (Å²) in [6.45, 7) is 8.64. The average molecular weight is 387 g/mol. The van der Waals surface area contributed by atoms with Gasteiger partial charge in [0.05, 0.1) is 12.2 Å². The molecule has 7 heteroatoms. The van der Waals surface area contributed by atoms with E-state index in [9.17, 15) is 14.0 Å². The van der Waals surface area contributed by atoms with Crippen LogP contribution in [-0.4, -0.2) is 54.1 Å². The SMILES string of the molecule is CCOC(=O)c1cc(C)n(CC(=O)N2CCN(c3ccc(F)cc3)CC2)c1C. The molecule has 2 aromatic rings. The summed E-state index contributed by atoms with van der Waals surface area (Å²) in [5.41, 5.74) is 3.08. The molecule has 0 aliphatic carbocycles. The van der Waals surface area contributed by atoms with Gasteiger partial charge in [-0.2, -0.15) is 0 Å². The zero-order valence-corrected chi connectivity index (χ0v) is 16.6. The molecule has 6 nitrogen and oxygen atoms in total. The zero-order valence-electron chi connectivity index (χ0n) is 16.6. The average Bonchev–Trinajstić information content (AvgIpc) is 2.97. The lowest BCUT2D eigenvalue weighted by molar-refractivity contribution is -0.132. The number of carbonyl (C=O) groups excluding carboxylic acids is 2. The number of ether oxygens (including phenoxy) is 1. The van der Waals surface area contributed by atoms with E-state index >= 15 is 0 Å². The second-order valence-corrected chi connectivity index (χ2v) is 6.94. The van der Waals surface area contributed by atoms with Crippen molar-refractivity contribution in [3.05, 3.63) is 53.1 Å². The third-order valence-corrected chi connectivity index (χ3v) is 5.19. The molecule has 0 saturated carbocycles. The predicted molar refractivity (Wildman–Crippen MR) is 105 cm³/mol. The van der Waals surface area contributed by atoms with Crippen molar-refractivity contribution >= 4 is 17.6 Å². The van der Waals surface area contributed by atoms with Crippen LogP contribution < -0.4 is 4.90 Å². The molecule has 0 unspecified atom stereocenters. The summed E-state index contributed by atoms with van der Waals surface area (Å²) in [7, 11) is 0. The molecule has 150 valence electrons. The summed E-state index contributed by atoms with van der Waals surface area (Å²) < 4.78 is 20.0. The van der Waals surface area contributed by atoms with Crippen LogP contribution in [0.25, 0.3) is 0 Å². The van der Waals surface area contributed by atoms with Crippen molar-refractivity contribution in [1.82, 2.24) is 9.47 Å². The monoisotopic (exact) mass is 387 g/mol. The molecule has 1 aromatic carbocycles. The van der Waals surface area contributed by atoms with E-state index in [1.54, 1.807) is 25.1 Å². The summed E-state index contributed by atoms with van der Waals surface area (Å²) in [5.74, 6) is -0.588. The third-order valence-electron chi connectivity index (χ3n) is 5.19. The lowest BCUT2D eigenvalue weighted by Gasteiger charge is -2.36. The number of carbonyl (C=O) groups is 2. The fourth-order valence-electron chi connectivity index (χ4n) is 3.56. The third kappa shape index (κ3) is 4.18. The number of aryl methyl sites for hydroxylation is 1. The van der Waals surface area contributed by atoms with Gasteiger partial charge in [0, 0.05) is 43.3 Å². The molecule has 0 radical (unpaired) electrons. The first-order chi connectivity index (χ1) is 13.4. The van der Waals surface area contributed by atoms with Gasteiger partial charge >= 0.3 is 5.97 Å². The van der Waals surface area contributed by atoms with E-state index in [1.165, 1.54) is 12.1 Å². The molecule has 0 spiro atoms. The van der Waals surface area contributed by atoms with Gasteiger partial charge in [0.15, 0.2) is 0 Å². The molecular weight excluding hydrogens is 361 g/mol. The second kappa shape index (κ2) is 8.46. The van der Waals surface area contributed by atoms with Gasteiger partial charge in [-0.05, 0) is 51.1 Å². The van der Waals surface area contributed by atoms with Crippen LogP contribution in [0.3, 0.4) is 0 Å². The normalized spacial score (nSPS) is 14.3. The van der Waals surface area contributed by atoms with Gasteiger partial charge in [0.2, 0.25) is 5.91 Å². The van der Waals surface area contributed by atoms with Crippen LogP contribution in [0.5, 0.6) is 0 Å². The maximum atomic E-state index is 13.1. The van der Waals surface area contributed by atoms with E-state index in [-0.39, 0.29) is 24.2 Å². The number of hydrogen-bond acceptors (Lipinski definition) is 4. The summed E-state index contributed by atoms with van der Waals surface area (Å²) in [6, 6.07) is 8.19. The van der Waals surface area contributed by atoms with Gasteiger partial charge in [-0.3, -0.25) is 4.79 Å². The molecule has 1 amide bonds. The van der Waals surface area contributed by atoms with E-state index in [0.717, 1.165) is 17.1 Å². The molecule has 0 bridgehead atoms. The Morgan fingerprint density at radius 1 is 1.07 bits per heavy atom. The molecule has 0 N–H and O–H groups in total. The zero-order chi connectivity index (χ0) is 20.3. The minimum Gasteiger partial charge on any atom is -0.462 e. The Balaban J connectivity index is 1.62. The van der Waals surface area contributed by atoms with E-state index in [4.69, 9.17) is 4.74 Å². The second-order valence-electron chi connectivity index (χ2n) is 6.94. The number of nitrogens with zero attached hydrogens (tertiary/aromatic N) is 3. The molecule has 1 aromatic heterocycles. The molecule has 2 heterocycles. The molecule has 1 saturated heterocycles. The number of piperazine rings is 1. The van der Waals surface area contributed by atoms with E-state index in [1.807, 2.05) is 23.3 Å². The Morgan fingerprint density at radius 2 is 1.71 bits per heavy atom. The minimum atomic E-state index is -0.359. The summed E-state index contributed by atoms with van der Waals surface area (Å²) in [5, 5.41) is 0. The quantitative estimate of drug-likeness (QED) is 0.741. The fourth-order valence-corrected chi connectivity index (χ4v) is 3.56. The summed E-state index contributed by atoms with van der Waals surface area (Å²) in [6.07, 6.45) is 0. The lowest BCUT2D eigenvalue weighted by atomic mass is 10.2. The Morgan fingerprint density at radius 3 is 2.32 bits per heavy atom. The molecular formula is C21H26FN3O3. The smallest absolute Gasteiger partial charge is 0.339 e. The van der Waals surface area contributed by atoms with E-state index in [2.05, 4.69) is 4.90 Å². The lowest BCUT2D eigenvalue weighted by Crippen LogP contribution is -2.49. The van der Waals surface area contributed by atoms with Gasteiger partial charge in [-0.1, -0.05) is 0 Å². The van der Waals surface area contributed by atoms with Crippen LogP contribution in [0.15, 0.2) is 30.3 Å². The fraction of sp³-hybridized carbons (Fsp3) is 0.429. The van der Waals surface area contributed by atoms with Gasteiger partial charge in [0.1, 0.15) is 12.4 Å². The van der Waals surface area contributed by atoms with Gasteiger partial charge in [-0.25, -0.2) is 9.18 Å². The maximum Gasteiger partial charge on any atom is 0.339 e. The molecule has 1 aliphatic heterocycles. The van der Waals surface area contributed by atoms with Crippen LogP contribution in [0.4, 0.5) is 10.1 Å². The number of aromatic nitrogens is 1. The number of esters is 1. The number of halogens is 1. The molecule has 1 fully saturated rings. The van der Waals surface area contributed by atoms with E-state index < -0.39 is 0 Å². The highest BCUT2D eigenvalue weighted by Crippen LogP contribution is 2.19. The first-order valence-corrected chi connectivity index (χ1v) is 9.52. The molecule has 0 atom stereocenters. The summed E-state index contributed by atoms with van der Waals surface area (Å²) in [4.78, 5) is 28.8. The highest BCUT2D eigenvalue weighted by Gasteiger charge is 2.24. The maximum absolute atomic E-state index is 13.1. The number of anilines is 1. The Bertz CT molecular complexity index is 853. The van der Waals surface area contributed by atoms with Crippen LogP contribution in [0.2, 0.25) is 0 Å². The van der Waals surface area contributed by atoms with Crippen molar-refractivity contribution in [3.63, 3.8) is 0 Å². The van der Waals surface area contributed by atoms with Crippen LogP contribution >= 0.6 is 0 Å². The topological polar surface area (TPSA) is 54.8 Å². The number of rotatable bonds is 5. The van der Waals surface area contributed by atoms with Crippen molar-refractivity contribution in [2.24, 2.45) is 0 Å². The highest BCUT2D eigenvalue weighted by atomic mass is 19.1. The van der Waals surface area contributed by atoms with Crippen LogP contribution in [0.1, 0.15) is 28.7 Å².